The second-order valence-electron chi connectivity index (χ2n) is 6.18. The molecule has 1 aliphatic heterocycles. The van der Waals surface area contributed by atoms with Crippen LogP contribution >= 0.6 is 0 Å². The predicted molar refractivity (Wildman–Crippen MR) is 103 cm³/mol. The minimum absolute atomic E-state index is 0.0121. The van der Waals surface area contributed by atoms with Crippen molar-refractivity contribution in [1.82, 2.24) is 5.06 Å². The third kappa shape index (κ3) is 4.42. The lowest BCUT2D eigenvalue weighted by molar-refractivity contribution is -0.111. The molecular weight excluding hydrogens is 344 g/mol. The van der Waals surface area contributed by atoms with E-state index in [1.54, 1.807) is 32.3 Å². The van der Waals surface area contributed by atoms with Gasteiger partial charge in [0.25, 0.3) is 0 Å². The molecule has 1 aliphatic carbocycles. The van der Waals surface area contributed by atoms with Crippen LogP contribution in [0, 0.1) is 0 Å². The van der Waals surface area contributed by atoms with Crippen molar-refractivity contribution < 1.29 is 19.5 Å². The standard InChI is InChI=1S/C21H22N2O4/c1-15-12-16(8-9-20(15)24)18-13-19(23(25)14-22-18)17-6-3-4-7-21(17)27-11-5-10-26-2/h3-4,6-9,12-14,25H,5,10-11H2,1-2H3. The number of hydroxylamine groups is 2. The Hall–Kier alpha value is -2.96. The van der Waals surface area contributed by atoms with Crippen LogP contribution in [-0.4, -0.2) is 42.7 Å². The van der Waals surface area contributed by atoms with E-state index < -0.39 is 0 Å². The molecule has 0 fully saturated rings. The molecule has 1 aromatic carbocycles. The van der Waals surface area contributed by atoms with Gasteiger partial charge in [-0.15, -0.1) is 0 Å². The van der Waals surface area contributed by atoms with E-state index in [4.69, 9.17) is 9.47 Å². The minimum atomic E-state index is -0.0121. The first kappa shape index (κ1) is 18.8. The van der Waals surface area contributed by atoms with Crippen LogP contribution in [0.15, 0.2) is 70.4 Å². The topological polar surface area (TPSA) is 71.4 Å². The Labute approximate surface area is 158 Å². The fraction of sp³-hybridized carbons (Fsp3) is 0.238. The SMILES string of the molecule is COCCCOc1ccccc1C1=CC(=C2C=CC(=O)C(C)=C2)N=CN1O. The maximum atomic E-state index is 11.6. The molecule has 140 valence electrons. The lowest BCUT2D eigenvalue weighted by Gasteiger charge is -2.22. The van der Waals surface area contributed by atoms with E-state index in [0.29, 0.717) is 35.9 Å². The van der Waals surface area contributed by atoms with E-state index in [1.165, 1.54) is 12.4 Å². The molecule has 6 nitrogen and oxygen atoms in total. The summed E-state index contributed by atoms with van der Waals surface area (Å²) in [5, 5.41) is 11.3. The van der Waals surface area contributed by atoms with Crippen molar-refractivity contribution in [3.63, 3.8) is 0 Å². The van der Waals surface area contributed by atoms with E-state index in [2.05, 4.69) is 4.99 Å². The first-order valence-corrected chi connectivity index (χ1v) is 8.70. The van der Waals surface area contributed by atoms with Crippen molar-refractivity contribution in [1.29, 1.82) is 0 Å². The van der Waals surface area contributed by atoms with Gasteiger partial charge in [-0.2, -0.15) is 0 Å². The minimum Gasteiger partial charge on any atom is -0.493 e. The molecule has 0 saturated carbocycles. The number of nitrogens with zero attached hydrogens (tertiary/aromatic N) is 2. The third-order valence-electron chi connectivity index (χ3n) is 4.21. The zero-order chi connectivity index (χ0) is 19.2. The fourth-order valence-electron chi connectivity index (χ4n) is 2.77. The molecule has 6 heteroatoms. The fourth-order valence-corrected chi connectivity index (χ4v) is 2.77. The van der Waals surface area contributed by atoms with Crippen LogP contribution in [0.5, 0.6) is 5.75 Å². The summed E-state index contributed by atoms with van der Waals surface area (Å²) in [6.07, 6.45) is 8.94. The Kier molecular flexibility index (Phi) is 6.01. The maximum absolute atomic E-state index is 11.6. The first-order chi connectivity index (χ1) is 13.1. The number of aliphatic imine (C=N–C) groups is 1. The van der Waals surface area contributed by atoms with Gasteiger partial charge in [-0.1, -0.05) is 12.1 Å². The molecule has 27 heavy (non-hydrogen) atoms. The van der Waals surface area contributed by atoms with E-state index in [0.717, 1.165) is 22.6 Å². The molecule has 0 atom stereocenters. The highest BCUT2D eigenvalue weighted by Gasteiger charge is 2.19. The lowest BCUT2D eigenvalue weighted by Crippen LogP contribution is -2.19. The highest BCUT2D eigenvalue weighted by Crippen LogP contribution is 2.32. The molecule has 1 heterocycles. The number of carbonyl (C=O) groups is 1. The summed E-state index contributed by atoms with van der Waals surface area (Å²) in [6, 6.07) is 7.51. The molecule has 0 spiro atoms. The van der Waals surface area contributed by atoms with Crippen molar-refractivity contribution in [2.75, 3.05) is 20.3 Å². The van der Waals surface area contributed by atoms with Crippen LogP contribution in [0.25, 0.3) is 5.70 Å². The first-order valence-electron chi connectivity index (χ1n) is 8.70. The number of rotatable bonds is 6. The predicted octanol–water partition coefficient (Wildman–Crippen LogP) is 3.52. The van der Waals surface area contributed by atoms with Crippen LogP contribution in [-0.2, 0) is 9.53 Å². The molecule has 0 amide bonds. The molecule has 1 N–H and O–H groups in total. The highest BCUT2D eigenvalue weighted by molar-refractivity contribution is 6.05. The largest absolute Gasteiger partial charge is 0.493 e. The molecular formula is C21H22N2O4. The zero-order valence-corrected chi connectivity index (χ0v) is 15.4. The second-order valence-corrected chi connectivity index (χ2v) is 6.18. The van der Waals surface area contributed by atoms with Gasteiger partial charge < -0.3 is 9.47 Å². The Morgan fingerprint density at radius 1 is 1.15 bits per heavy atom. The summed E-state index contributed by atoms with van der Waals surface area (Å²) < 4.78 is 10.9. The smallest absolute Gasteiger partial charge is 0.181 e. The number of methoxy groups -OCH3 is 1. The van der Waals surface area contributed by atoms with Gasteiger partial charge in [0.05, 0.1) is 18.0 Å². The Bertz CT molecular complexity index is 878. The van der Waals surface area contributed by atoms with Gasteiger partial charge in [-0.05, 0) is 48.9 Å². The summed E-state index contributed by atoms with van der Waals surface area (Å²) in [5.41, 5.74) is 3.42. The number of carbonyl (C=O) groups excluding carboxylic acids is 1. The van der Waals surface area contributed by atoms with E-state index in [1.807, 2.05) is 24.3 Å². The maximum Gasteiger partial charge on any atom is 0.181 e. The Morgan fingerprint density at radius 2 is 1.96 bits per heavy atom. The van der Waals surface area contributed by atoms with Crippen molar-refractivity contribution >= 4 is 17.8 Å². The van der Waals surface area contributed by atoms with E-state index >= 15 is 0 Å². The number of para-hydroxylation sites is 1. The molecule has 1 aromatic rings. The van der Waals surface area contributed by atoms with Gasteiger partial charge in [-0.25, -0.2) is 10.1 Å². The number of hydrogen-bond acceptors (Lipinski definition) is 6. The van der Waals surface area contributed by atoms with Gasteiger partial charge in [0.1, 0.15) is 12.1 Å². The van der Waals surface area contributed by atoms with E-state index in [9.17, 15) is 10.0 Å². The lowest BCUT2D eigenvalue weighted by atomic mass is 9.99. The monoisotopic (exact) mass is 366 g/mol. The average molecular weight is 366 g/mol. The third-order valence-corrected chi connectivity index (χ3v) is 4.21. The normalized spacial score (nSPS) is 19.2. The molecule has 0 radical (unpaired) electrons. The van der Waals surface area contributed by atoms with Crippen molar-refractivity contribution in [2.45, 2.75) is 13.3 Å². The van der Waals surface area contributed by atoms with Crippen LogP contribution in [0.1, 0.15) is 18.9 Å². The summed E-state index contributed by atoms with van der Waals surface area (Å²) in [6.45, 7) is 2.90. The molecule has 0 aromatic heterocycles. The van der Waals surface area contributed by atoms with Crippen LogP contribution in [0.2, 0.25) is 0 Å². The number of ketones is 1. The number of allylic oxidation sites excluding steroid dienone is 6. The summed E-state index contributed by atoms with van der Waals surface area (Å²) in [7, 11) is 1.65. The summed E-state index contributed by atoms with van der Waals surface area (Å²) >= 11 is 0. The van der Waals surface area contributed by atoms with Crippen LogP contribution < -0.4 is 4.74 Å². The van der Waals surface area contributed by atoms with E-state index in [-0.39, 0.29) is 5.78 Å². The number of hydrogen-bond donors (Lipinski definition) is 1. The van der Waals surface area contributed by atoms with Crippen molar-refractivity contribution in [3.8, 4) is 5.75 Å². The summed E-state index contributed by atoms with van der Waals surface area (Å²) in [4.78, 5) is 15.9. The zero-order valence-electron chi connectivity index (χ0n) is 15.4. The number of ether oxygens (including phenoxy) is 2. The van der Waals surface area contributed by atoms with Gasteiger partial charge in [-0.3, -0.25) is 10.0 Å². The quantitative estimate of drug-likeness (QED) is 0.780. The highest BCUT2D eigenvalue weighted by atomic mass is 16.5. The molecule has 0 unspecified atom stereocenters. The van der Waals surface area contributed by atoms with Crippen LogP contribution in [0.4, 0.5) is 0 Å². The van der Waals surface area contributed by atoms with Crippen molar-refractivity contribution in [2.24, 2.45) is 4.99 Å². The Morgan fingerprint density at radius 3 is 2.74 bits per heavy atom. The second kappa shape index (κ2) is 8.62. The van der Waals surface area contributed by atoms with Crippen LogP contribution in [0.3, 0.4) is 0 Å². The average Bonchev–Trinajstić information content (AvgIpc) is 2.68. The van der Waals surface area contributed by atoms with Gasteiger partial charge in [0.2, 0.25) is 0 Å². The van der Waals surface area contributed by atoms with Gasteiger partial charge in [0.15, 0.2) is 5.78 Å². The molecule has 0 saturated heterocycles. The Balaban J connectivity index is 1.93. The number of benzene rings is 1. The van der Waals surface area contributed by atoms with Gasteiger partial charge >= 0.3 is 0 Å². The summed E-state index contributed by atoms with van der Waals surface area (Å²) in [5.74, 6) is 0.654. The van der Waals surface area contributed by atoms with Crippen molar-refractivity contribution in [3.05, 3.63) is 71.0 Å². The van der Waals surface area contributed by atoms with Gasteiger partial charge in [0, 0.05) is 31.3 Å². The molecule has 0 bridgehead atoms. The molecule has 3 rings (SSSR count). The molecule has 2 aliphatic rings.